The molecular formula is C11H15NO3S. The van der Waals surface area contributed by atoms with E-state index in [1.807, 2.05) is 24.4 Å². The normalized spacial score (nSPS) is 18.6. The van der Waals surface area contributed by atoms with Gasteiger partial charge in [0.15, 0.2) is 5.79 Å². The van der Waals surface area contributed by atoms with Crippen molar-refractivity contribution in [1.82, 2.24) is 5.32 Å². The van der Waals surface area contributed by atoms with Gasteiger partial charge in [-0.1, -0.05) is 6.07 Å². The van der Waals surface area contributed by atoms with Crippen LogP contribution in [-0.2, 0) is 9.47 Å². The summed E-state index contributed by atoms with van der Waals surface area (Å²) in [5.74, 6) is -0.556. The van der Waals surface area contributed by atoms with Gasteiger partial charge in [0.25, 0.3) is 5.91 Å². The maximum absolute atomic E-state index is 11.6. The maximum Gasteiger partial charge on any atom is 0.261 e. The minimum atomic E-state index is -0.525. The molecule has 0 atom stereocenters. The summed E-state index contributed by atoms with van der Waals surface area (Å²) in [7, 11) is 0. The molecule has 0 saturated carbocycles. The van der Waals surface area contributed by atoms with Gasteiger partial charge in [-0.2, -0.15) is 0 Å². The minimum absolute atomic E-state index is 0.0309. The summed E-state index contributed by atoms with van der Waals surface area (Å²) in [6.07, 6.45) is 0.671. The second kappa shape index (κ2) is 4.95. The molecule has 1 aromatic rings. The first-order valence-electron chi connectivity index (χ1n) is 5.29. The molecule has 1 fully saturated rings. The zero-order valence-electron chi connectivity index (χ0n) is 9.19. The van der Waals surface area contributed by atoms with Crippen molar-refractivity contribution in [2.45, 2.75) is 19.1 Å². The number of hydrogen-bond acceptors (Lipinski definition) is 4. The number of carbonyl (C=O) groups is 1. The van der Waals surface area contributed by atoms with E-state index in [9.17, 15) is 4.79 Å². The van der Waals surface area contributed by atoms with Crippen LogP contribution in [0.25, 0.3) is 0 Å². The molecule has 0 spiro atoms. The highest BCUT2D eigenvalue weighted by Gasteiger charge is 2.30. The summed E-state index contributed by atoms with van der Waals surface area (Å²) >= 11 is 1.44. The molecule has 1 amide bonds. The number of thiophene rings is 1. The molecule has 4 nitrogen and oxygen atoms in total. The van der Waals surface area contributed by atoms with Crippen LogP contribution in [-0.4, -0.2) is 31.5 Å². The Morgan fingerprint density at radius 3 is 2.94 bits per heavy atom. The molecule has 0 bridgehead atoms. The molecular weight excluding hydrogens is 226 g/mol. The molecule has 0 aromatic carbocycles. The first kappa shape index (κ1) is 11.6. The fourth-order valence-corrected chi connectivity index (χ4v) is 2.24. The van der Waals surface area contributed by atoms with E-state index in [4.69, 9.17) is 9.47 Å². The predicted octanol–water partition coefficient (Wildman–Crippen LogP) is 1.63. The van der Waals surface area contributed by atoms with Gasteiger partial charge in [0.1, 0.15) is 0 Å². The summed E-state index contributed by atoms with van der Waals surface area (Å²) in [6, 6.07) is 3.67. The van der Waals surface area contributed by atoms with Gasteiger partial charge >= 0.3 is 0 Å². The van der Waals surface area contributed by atoms with Gasteiger partial charge < -0.3 is 14.8 Å². The van der Waals surface area contributed by atoms with E-state index < -0.39 is 5.79 Å². The first-order chi connectivity index (χ1) is 7.70. The third-order valence-electron chi connectivity index (χ3n) is 2.51. The monoisotopic (exact) mass is 241 g/mol. The van der Waals surface area contributed by atoms with E-state index in [1.54, 1.807) is 0 Å². The molecule has 16 heavy (non-hydrogen) atoms. The van der Waals surface area contributed by atoms with Crippen molar-refractivity contribution in [1.29, 1.82) is 0 Å². The molecule has 1 aliphatic rings. The Bertz CT molecular complexity index is 344. The molecule has 2 rings (SSSR count). The highest BCUT2D eigenvalue weighted by atomic mass is 32.1. The standard InChI is InChI=1S/C11H15NO3S/c1-11(14-6-7-15-11)4-5-12-10(13)9-3-2-8-16-9/h2-3,8H,4-7H2,1H3,(H,12,13). The molecule has 0 radical (unpaired) electrons. The van der Waals surface area contributed by atoms with Crippen molar-refractivity contribution < 1.29 is 14.3 Å². The van der Waals surface area contributed by atoms with Crippen molar-refractivity contribution in [3.05, 3.63) is 22.4 Å². The Balaban J connectivity index is 1.74. The smallest absolute Gasteiger partial charge is 0.261 e. The summed E-state index contributed by atoms with van der Waals surface area (Å²) in [5.41, 5.74) is 0. The van der Waals surface area contributed by atoms with Crippen molar-refractivity contribution in [3.63, 3.8) is 0 Å². The molecule has 1 saturated heterocycles. The molecule has 5 heteroatoms. The van der Waals surface area contributed by atoms with E-state index in [1.165, 1.54) is 11.3 Å². The van der Waals surface area contributed by atoms with Gasteiger partial charge in [-0.15, -0.1) is 11.3 Å². The van der Waals surface area contributed by atoms with Crippen molar-refractivity contribution in [2.24, 2.45) is 0 Å². The first-order valence-corrected chi connectivity index (χ1v) is 6.17. The van der Waals surface area contributed by atoms with Crippen molar-refractivity contribution in [2.75, 3.05) is 19.8 Å². The number of nitrogens with one attached hydrogen (secondary N) is 1. The van der Waals surface area contributed by atoms with Crippen LogP contribution in [0, 0.1) is 0 Å². The average molecular weight is 241 g/mol. The van der Waals surface area contributed by atoms with E-state index >= 15 is 0 Å². The molecule has 1 aliphatic heterocycles. The van der Waals surface area contributed by atoms with Crippen LogP contribution in [0.3, 0.4) is 0 Å². The Labute approximate surface area is 98.6 Å². The zero-order chi connectivity index (χ0) is 11.4. The van der Waals surface area contributed by atoms with Crippen molar-refractivity contribution in [3.8, 4) is 0 Å². The minimum Gasteiger partial charge on any atom is -0.351 e. The Kier molecular flexibility index (Phi) is 3.58. The quantitative estimate of drug-likeness (QED) is 0.871. The number of amides is 1. The van der Waals surface area contributed by atoms with Crippen LogP contribution in [0.1, 0.15) is 23.0 Å². The summed E-state index contributed by atoms with van der Waals surface area (Å²) in [4.78, 5) is 12.3. The number of carbonyl (C=O) groups excluding carboxylic acids is 1. The van der Waals surface area contributed by atoms with Crippen molar-refractivity contribution >= 4 is 17.2 Å². The van der Waals surface area contributed by atoms with Crippen LogP contribution >= 0.6 is 11.3 Å². The Morgan fingerprint density at radius 2 is 2.31 bits per heavy atom. The second-order valence-electron chi connectivity index (χ2n) is 3.81. The van der Waals surface area contributed by atoms with Gasteiger partial charge in [-0.25, -0.2) is 0 Å². The van der Waals surface area contributed by atoms with Crippen LogP contribution in [0.4, 0.5) is 0 Å². The third-order valence-corrected chi connectivity index (χ3v) is 3.38. The van der Waals surface area contributed by atoms with Gasteiger partial charge in [0, 0.05) is 13.0 Å². The topological polar surface area (TPSA) is 47.6 Å². The van der Waals surface area contributed by atoms with E-state index in [0.29, 0.717) is 26.2 Å². The molecule has 1 N–H and O–H groups in total. The van der Waals surface area contributed by atoms with E-state index in [-0.39, 0.29) is 5.91 Å². The molecule has 88 valence electrons. The fourth-order valence-electron chi connectivity index (χ4n) is 1.60. The fraction of sp³-hybridized carbons (Fsp3) is 0.545. The van der Waals surface area contributed by atoms with Crippen LogP contribution < -0.4 is 5.32 Å². The van der Waals surface area contributed by atoms with Crippen LogP contribution in [0.2, 0.25) is 0 Å². The lowest BCUT2D eigenvalue weighted by molar-refractivity contribution is -0.145. The maximum atomic E-state index is 11.6. The number of ether oxygens (including phenoxy) is 2. The Morgan fingerprint density at radius 1 is 1.56 bits per heavy atom. The molecule has 2 heterocycles. The van der Waals surface area contributed by atoms with E-state index in [2.05, 4.69) is 5.32 Å². The summed E-state index contributed by atoms with van der Waals surface area (Å²) in [6.45, 7) is 3.73. The largest absolute Gasteiger partial charge is 0.351 e. The SMILES string of the molecule is CC1(CCNC(=O)c2cccs2)OCCO1. The Hall–Kier alpha value is -0.910. The lowest BCUT2D eigenvalue weighted by Gasteiger charge is -2.21. The lowest BCUT2D eigenvalue weighted by Crippen LogP contribution is -2.33. The lowest BCUT2D eigenvalue weighted by atomic mass is 10.2. The van der Waals surface area contributed by atoms with Crippen LogP contribution in [0.15, 0.2) is 17.5 Å². The summed E-state index contributed by atoms with van der Waals surface area (Å²) in [5, 5.41) is 4.74. The van der Waals surface area contributed by atoms with Gasteiger partial charge in [-0.05, 0) is 18.4 Å². The molecule has 0 unspecified atom stereocenters. The second-order valence-corrected chi connectivity index (χ2v) is 4.76. The van der Waals surface area contributed by atoms with E-state index in [0.717, 1.165) is 4.88 Å². The average Bonchev–Trinajstić information content (AvgIpc) is 2.88. The highest BCUT2D eigenvalue weighted by Crippen LogP contribution is 2.21. The zero-order valence-corrected chi connectivity index (χ0v) is 10.0. The molecule has 1 aromatic heterocycles. The summed E-state index contributed by atoms with van der Waals surface area (Å²) < 4.78 is 10.9. The highest BCUT2D eigenvalue weighted by molar-refractivity contribution is 7.12. The number of hydrogen-bond donors (Lipinski definition) is 1. The predicted molar refractivity (Wildman–Crippen MR) is 61.6 cm³/mol. The van der Waals surface area contributed by atoms with Gasteiger partial charge in [0.05, 0.1) is 18.1 Å². The van der Waals surface area contributed by atoms with Gasteiger partial charge in [-0.3, -0.25) is 4.79 Å². The van der Waals surface area contributed by atoms with Crippen LogP contribution in [0.5, 0.6) is 0 Å². The number of rotatable bonds is 4. The van der Waals surface area contributed by atoms with Gasteiger partial charge in [0.2, 0.25) is 0 Å². The molecule has 0 aliphatic carbocycles. The third kappa shape index (κ3) is 2.81.